The second-order valence-corrected chi connectivity index (χ2v) is 5.60. The summed E-state index contributed by atoms with van der Waals surface area (Å²) in [6.45, 7) is 1.90. The fourth-order valence-electron chi connectivity index (χ4n) is 2.07. The summed E-state index contributed by atoms with van der Waals surface area (Å²) < 4.78 is 5.22. The Morgan fingerprint density at radius 1 is 1.33 bits per heavy atom. The first kappa shape index (κ1) is 13.9. The Hall–Kier alpha value is -2.01. The number of nitrogens with one attached hydrogen (secondary N) is 1. The van der Waals surface area contributed by atoms with Crippen molar-refractivity contribution in [2.75, 3.05) is 18.2 Å². The van der Waals surface area contributed by atoms with Gasteiger partial charge in [0.25, 0.3) is 0 Å². The van der Waals surface area contributed by atoms with Gasteiger partial charge in [-0.1, -0.05) is 11.6 Å². The van der Waals surface area contributed by atoms with Crippen LogP contribution in [0.2, 0.25) is 5.02 Å². The molecule has 0 spiro atoms. The van der Waals surface area contributed by atoms with Crippen molar-refractivity contribution in [2.45, 2.75) is 25.7 Å². The molecule has 110 valence electrons. The lowest BCUT2D eigenvalue weighted by Gasteiger charge is -2.13. The molecule has 0 amide bonds. The van der Waals surface area contributed by atoms with E-state index in [9.17, 15) is 0 Å². The van der Waals surface area contributed by atoms with E-state index in [4.69, 9.17) is 22.1 Å². The van der Waals surface area contributed by atoms with Crippen LogP contribution >= 0.6 is 11.6 Å². The fourth-order valence-corrected chi connectivity index (χ4v) is 2.27. The molecule has 1 fully saturated rings. The summed E-state index contributed by atoms with van der Waals surface area (Å²) in [4.78, 5) is 8.96. The van der Waals surface area contributed by atoms with Crippen LogP contribution in [0.4, 0.5) is 17.3 Å². The Kier molecular flexibility index (Phi) is 3.59. The third-order valence-electron chi connectivity index (χ3n) is 3.56. The Labute approximate surface area is 128 Å². The van der Waals surface area contributed by atoms with Crippen LogP contribution in [0.25, 0.3) is 0 Å². The second kappa shape index (κ2) is 5.41. The molecule has 0 unspecified atom stereocenters. The normalized spacial score (nSPS) is 14.0. The molecule has 6 heteroatoms. The number of nitrogen functional groups attached to an aromatic ring is 1. The van der Waals surface area contributed by atoms with Crippen molar-refractivity contribution in [1.29, 1.82) is 0 Å². The first-order valence-corrected chi connectivity index (χ1v) is 7.21. The second-order valence-electron chi connectivity index (χ2n) is 5.19. The monoisotopic (exact) mass is 304 g/mol. The topological polar surface area (TPSA) is 73.1 Å². The van der Waals surface area contributed by atoms with Gasteiger partial charge < -0.3 is 15.8 Å². The maximum absolute atomic E-state index is 6.03. The van der Waals surface area contributed by atoms with Gasteiger partial charge in [0.05, 0.1) is 12.1 Å². The molecule has 1 aromatic carbocycles. The summed E-state index contributed by atoms with van der Waals surface area (Å²) in [6.07, 6.45) is 2.27. The third kappa shape index (κ3) is 2.88. The molecule has 3 rings (SSSR count). The maximum Gasteiger partial charge on any atom is 0.139 e. The van der Waals surface area contributed by atoms with E-state index in [1.54, 1.807) is 13.2 Å². The highest BCUT2D eigenvalue weighted by atomic mass is 35.5. The number of hydrogen-bond acceptors (Lipinski definition) is 5. The number of nitrogens with zero attached hydrogens (tertiary/aromatic N) is 2. The first-order valence-electron chi connectivity index (χ1n) is 6.83. The summed E-state index contributed by atoms with van der Waals surface area (Å²) >= 11 is 6.03. The zero-order valence-corrected chi connectivity index (χ0v) is 12.7. The minimum absolute atomic E-state index is 0.452. The van der Waals surface area contributed by atoms with Gasteiger partial charge in [-0.15, -0.1) is 0 Å². The molecule has 1 aromatic heterocycles. The number of benzene rings is 1. The molecule has 0 saturated heterocycles. The van der Waals surface area contributed by atoms with E-state index >= 15 is 0 Å². The van der Waals surface area contributed by atoms with Crippen molar-refractivity contribution in [3.8, 4) is 5.75 Å². The van der Waals surface area contributed by atoms with Crippen molar-refractivity contribution in [3.05, 3.63) is 34.6 Å². The summed E-state index contributed by atoms with van der Waals surface area (Å²) in [7, 11) is 1.59. The van der Waals surface area contributed by atoms with E-state index < -0.39 is 0 Å². The molecular formula is C15H17ClN4O. The highest BCUT2D eigenvalue weighted by Crippen LogP contribution is 2.39. The number of rotatable bonds is 4. The number of methoxy groups -OCH3 is 1. The molecule has 0 radical (unpaired) electrons. The molecule has 0 atom stereocenters. The summed E-state index contributed by atoms with van der Waals surface area (Å²) in [5.41, 5.74) is 7.67. The molecule has 1 saturated carbocycles. The van der Waals surface area contributed by atoms with E-state index in [-0.39, 0.29) is 0 Å². The largest absolute Gasteiger partial charge is 0.495 e. The molecule has 5 nitrogen and oxygen atoms in total. The molecule has 3 N–H and O–H groups in total. The van der Waals surface area contributed by atoms with Crippen molar-refractivity contribution in [3.63, 3.8) is 0 Å². The van der Waals surface area contributed by atoms with Gasteiger partial charge >= 0.3 is 0 Å². The van der Waals surface area contributed by atoms with Crippen LogP contribution in [-0.4, -0.2) is 17.1 Å². The molecule has 21 heavy (non-hydrogen) atoms. The van der Waals surface area contributed by atoms with Gasteiger partial charge in [-0.2, -0.15) is 0 Å². The van der Waals surface area contributed by atoms with Crippen LogP contribution < -0.4 is 15.8 Å². The van der Waals surface area contributed by atoms with Gasteiger partial charge in [0.2, 0.25) is 0 Å². The lowest BCUT2D eigenvalue weighted by atomic mass is 10.2. The van der Waals surface area contributed by atoms with Crippen LogP contribution in [0.15, 0.2) is 18.2 Å². The Balaban J connectivity index is 1.93. The van der Waals surface area contributed by atoms with Gasteiger partial charge in [0, 0.05) is 23.2 Å². The van der Waals surface area contributed by atoms with Gasteiger partial charge in [-0.25, -0.2) is 9.97 Å². The van der Waals surface area contributed by atoms with Crippen molar-refractivity contribution in [1.82, 2.24) is 9.97 Å². The van der Waals surface area contributed by atoms with Crippen molar-refractivity contribution in [2.24, 2.45) is 0 Å². The SMILES string of the molecule is COc1cc(Nc2nc(C3CC3)nc(N)c2C)ccc1Cl. The standard InChI is InChI=1S/C15H17ClN4O/c1-8-13(17)19-15(9-3-4-9)20-14(8)18-10-5-6-11(16)12(7-10)21-2/h5-7,9H,3-4H2,1-2H3,(H3,17,18,19,20). The number of anilines is 3. The van der Waals surface area contributed by atoms with Crippen LogP contribution in [0.1, 0.15) is 30.1 Å². The highest BCUT2D eigenvalue weighted by molar-refractivity contribution is 6.32. The zero-order valence-electron chi connectivity index (χ0n) is 12.0. The molecule has 1 aliphatic carbocycles. The average molecular weight is 305 g/mol. The Bertz CT molecular complexity index is 686. The molecule has 2 aromatic rings. The number of ether oxygens (including phenoxy) is 1. The number of halogens is 1. The number of aromatic nitrogens is 2. The van der Waals surface area contributed by atoms with Crippen LogP contribution in [0, 0.1) is 6.92 Å². The molecule has 0 aliphatic heterocycles. The summed E-state index contributed by atoms with van der Waals surface area (Å²) in [5.74, 6) is 3.14. The lowest BCUT2D eigenvalue weighted by Crippen LogP contribution is -2.06. The van der Waals surface area contributed by atoms with Crippen molar-refractivity contribution < 1.29 is 4.74 Å². The van der Waals surface area contributed by atoms with Gasteiger partial charge in [0.1, 0.15) is 23.2 Å². The third-order valence-corrected chi connectivity index (χ3v) is 3.87. The average Bonchev–Trinajstić information content (AvgIpc) is 3.30. The van der Waals surface area contributed by atoms with E-state index in [1.807, 2.05) is 19.1 Å². The van der Waals surface area contributed by atoms with Gasteiger partial charge in [-0.3, -0.25) is 0 Å². The van der Waals surface area contributed by atoms with Gasteiger partial charge in [-0.05, 0) is 31.9 Å². The first-order chi connectivity index (χ1) is 10.1. The van der Waals surface area contributed by atoms with Gasteiger partial charge in [0.15, 0.2) is 0 Å². The molecule has 1 aliphatic rings. The predicted octanol–water partition coefficient (Wildman–Crippen LogP) is 3.65. The van der Waals surface area contributed by atoms with E-state index in [0.29, 0.717) is 22.5 Å². The Morgan fingerprint density at radius 3 is 2.76 bits per heavy atom. The summed E-state index contributed by atoms with van der Waals surface area (Å²) in [5, 5.41) is 3.84. The molecular weight excluding hydrogens is 288 g/mol. The molecule has 0 bridgehead atoms. The number of nitrogens with two attached hydrogens (primary N) is 1. The van der Waals surface area contributed by atoms with Crippen LogP contribution in [0.3, 0.4) is 0 Å². The van der Waals surface area contributed by atoms with E-state index in [1.165, 1.54) is 0 Å². The van der Waals surface area contributed by atoms with Crippen LogP contribution in [-0.2, 0) is 0 Å². The Morgan fingerprint density at radius 2 is 2.10 bits per heavy atom. The van der Waals surface area contributed by atoms with Crippen molar-refractivity contribution >= 4 is 28.9 Å². The highest BCUT2D eigenvalue weighted by Gasteiger charge is 2.27. The minimum Gasteiger partial charge on any atom is -0.495 e. The van der Waals surface area contributed by atoms with Crippen LogP contribution in [0.5, 0.6) is 5.75 Å². The summed E-state index contributed by atoms with van der Waals surface area (Å²) in [6, 6.07) is 5.49. The lowest BCUT2D eigenvalue weighted by molar-refractivity contribution is 0.415. The molecule has 1 heterocycles. The fraction of sp³-hybridized carbons (Fsp3) is 0.333. The van der Waals surface area contributed by atoms with E-state index in [0.717, 1.165) is 35.7 Å². The predicted molar refractivity (Wildman–Crippen MR) is 84.4 cm³/mol. The minimum atomic E-state index is 0.452. The zero-order chi connectivity index (χ0) is 15.0. The smallest absolute Gasteiger partial charge is 0.139 e. The number of hydrogen-bond donors (Lipinski definition) is 2. The van der Waals surface area contributed by atoms with E-state index in [2.05, 4.69) is 15.3 Å². The quantitative estimate of drug-likeness (QED) is 0.902. The maximum atomic E-state index is 6.03.